The average molecular weight is 280 g/mol. The number of aryl methyl sites for hydroxylation is 1. The second kappa shape index (κ2) is 7.13. The van der Waals surface area contributed by atoms with Gasteiger partial charge in [-0.2, -0.15) is 5.26 Å². The molecule has 1 aromatic carbocycles. The van der Waals surface area contributed by atoms with Crippen LogP contribution in [0.4, 0.5) is 0 Å². The summed E-state index contributed by atoms with van der Waals surface area (Å²) in [5.74, 6) is 0. The molecule has 0 saturated carbocycles. The molecule has 2 aromatic rings. The van der Waals surface area contributed by atoms with Crippen LogP contribution in [0.1, 0.15) is 52.0 Å². The summed E-state index contributed by atoms with van der Waals surface area (Å²) in [6, 6.07) is 11.0. The summed E-state index contributed by atoms with van der Waals surface area (Å²) in [7, 11) is 0. The maximum Gasteiger partial charge on any atom is 0.0950 e. The zero-order chi connectivity index (χ0) is 15.2. The first-order valence-corrected chi connectivity index (χ1v) is 7.97. The predicted molar refractivity (Wildman–Crippen MR) is 90.0 cm³/mol. The molecule has 0 spiro atoms. The normalized spacial score (nSPS) is 12.3. The number of rotatable bonds is 6. The highest BCUT2D eigenvalue weighted by atomic mass is 14.9. The van der Waals surface area contributed by atoms with Crippen molar-refractivity contribution < 1.29 is 0 Å². The maximum atomic E-state index is 9.54. The number of aromatic nitrogens is 1. The number of allylic oxidation sites excluding steroid dienone is 2. The number of hydrogen-bond acceptors (Lipinski definition) is 1. The Kier molecular flexibility index (Phi) is 5.22. The van der Waals surface area contributed by atoms with E-state index in [1.54, 1.807) is 0 Å². The van der Waals surface area contributed by atoms with Gasteiger partial charge >= 0.3 is 0 Å². The number of hydrogen-bond donors (Lipinski definition) is 0. The van der Waals surface area contributed by atoms with E-state index in [0.29, 0.717) is 0 Å². The van der Waals surface area contributed by atoms with E-state index in [2.05, 4.69) is 61.9 Å². The van der Waals surface area contributed by atoms with Crippen LogP contribution in [0.2, 0.25) is 0 Å². The first kappa shape index (κ1) is 15.4. The van der Waals surface area contributed by atoms with Crippen molar-refractivity contribution in [3.8, 4) is 6.07 Å². The zero-order valence-corrected chi connectivity index (χ0v) is 13.3. The van der Waals surface area contributed by atoms with E-state index in [4.69, 9.17) is 0 Å². The molecule has 0 fully saturated rings. The van der Waals surface area contributed by atoms with E-state index in [9.17, 15) is 5.26 Å². The highest BCUT2D eigenvalue weighted by molar-refractivity contribution is 5.94. The minimum atomic E-state index is 0.872. The van der Waals surface area contributed by atoms with Gasteiger partial charge in [0.15, 0.2) is 0 Å². The second-order valence-electron chi connectivity index (χ2n) is 5.41. The topological polar surface area (TPSA) is 28.7 Å². The number of nitrogens with zero attached hydrogens (tertiary/aromatic N) is 2. The smallest absolute Gasteiger partial charge is 0.0950 e. The Balaban J connectivity index is 2.69. The zero-order valence-electron chi connectivity index (χ0n) is 13.3. The van der Waals surface area contributed by atoms with Crippen LogP contribution < -0.4 is 0 Å². The molecule has 0 unspecified atom stereocenters. The monoisotopic (exact) mass is 280 g/mol. The molecule has 0 radical (unpaired) electrons. The van der Waals surface area contributed by atoms with Gasteiger partial charge in [-0.15, -0.1) is 0 Å². The Morgan fingerprint density at radius 2 is 1.81 bits per heavy atom. The first-order chi connectivity index (χ1) is 10.3. The lowest BCUT2D eigenvalue weighted by Crippen LogP contribution is -1.92. The van der Waals surface area contributed by atoms with E-state index in [1.807, 2.05) is 0 Å². The molecule has 0 aliphatic carbocycles. The van der Waals surface area contributed by atoms with Gasteiger partial charge in [-0.1, -0.05) is 44.9 Å². The van der Waals surface area contributed by atoms with Crippen molar-refractivity contribution in [2.75, 3.05) is 0 Å². The van der Waals surface area contributed by atoms with Crippen LogP contribution in [0.15, 0.2) is 36.0 Å². The molecule has 2 heteroatoms. The number of benzene rings is 1. The van der Waals surface area contributed by atoms with Gasteiger partial charge in [0.05, 0.1) is 6.07 Å². The standard InChI is InChI=1S/C19H24N2/c1-4-9-15(13-20)16(10-5-2)18-14-21(6-3)19-12-8-7-11-17(18)19/h7-8,11-12,14H,4-6,9-10H2,1-3H3/b16-15-. The fourth-order valence-electron chi connectivity index (χ4n) is 2.97. The number of para-hydroxylation sites is 1. The van der Waals surface area contributed by atoms with Gasteiger partial charge in [0.2, 0.25) is 0 Å². The van der Waals surface area contributed by atoms with E-state index in [1.165, 1.54) is 22.0 Å². The molecule has 0 aliphatic rings. The van der Waals surface area contributed by atoms with Crippen molar-refractivity contribution in [1.82, 2.24) is 4.57 Å². The van der Waals surface area contributed by atoms with Crippen LogP contribution in [0.5, 0.6) is 0 Å². The molecule has 110 valence electrons. The van der Waals surface area contributed by atoms with Crippen LogP contribution in [0, 0.1) is 11.3 Å². The SMILES string of the molecule is CCC/C(C#N)=C(\CCC)c1cn(CC)c2ccccc12. The van der Waals surface area contributed by atoms with Crippen molar-refractivity contribution in [3.05, 3.63) is 41.6 Å². The Hall–Kier alpha value is -2.01. The molecule has 0 bridgehead atoms. The third-order valence-corrected chi connectivity index (χ3v) is 3.95. The van der Waals surface area contributed by atoms with Crippen LogP contribution in [-0.4, -0.2) is 4.57 Å². The molecule has 0 atom stereocenters. The van der Waals surface area contributed by atoms with Gasteiger partial charge in [-0.3, -0.25) is 0 Å². The Morgan fingerprint density at radius 3 is 2.43 bits per heavy atom. The molecule has 1 heterocycles. The number of nitriles is 1. The third-order valence-electron chi connectivity index (χ3n) is 3.95. The fraction of sp³-hybridized carbons (Fsp3) is 0.421. The summed E-state index contributed by atoms with van der Waals surface area (Å²) >= 11 is 0. The summed E-state index contributed by atoms with van der Waals surface area (Å²) in [6.07, 6.45) is 6.15. The molecule has 2 nitrogen and oxygen atoms in total. The van der Waals surface area contributed by atoms with Gasteiger partial charge < -0.3 is 4.57 Å². The number of fused-ring (bicyclic) bond motifs is 1. The average Bonchev–Trinajstić information content (AvgIpc) is 2.89. The van der Waals surface area contributed by atoms with Crippen molar-refractivity contribution in [3.63, 3.8) is 0 Å². The Bertz CT molecular complexity index is 683. The molecule has 0 N–H and O–H groups in total. The molecule has 0 saturated heterocycles. The van der Waals surface area contributed by atoms with E-state index >= 15 is 0 Å². The summed E-state index contributed by atoms with van der Waals surface area (Å²) in [6.45, 7) is 7.43. The van der Waals surface area contributed by atoms with Gasteiger partial charge in [-0.25, -0.2) is 0 Å². The molecule has 2 rings (SSSR count). The minimum absolute atomic E-state index is 0.872. The maximum absolute atomic E-state index is 9.54. The van der Waals surface area contributed by atoms with Crippen LogP contribution in [0.3, 0.4) is 0 Å². The summed E-state index contributed by atoms with van der Waals surface area (Å²) in [5, 5.41) is 10.8. The van der Waals surface area contributed by atoms with Crippen molar-refractivity contribution in [2.45, 2.75) is 53.0 Å². The molecule has 0 amide bonds. The molecular formula is C19H24N2. The fourth-order valence-corrected chi connectivity index (χ4v) is 2.97. The summed E-state index contributed by atoms with van der Waals surface area (Å²) < 4.78 is 2.28. The highest BCUT2D eigenvalue weighted by Crippen LogP contribution is 2.33. The highest BCUT2D eigenvalue weighted by Gasteiger charge is 2.14. The van der Waals surface area contributed by atoms with Crippen molar-refractivity contribution in [1.29, 1.82) is 5.26 Å². The van der Waals surface area contributed by atoms with Crippen molar-refractivity contribution in [2.24, 2.45) is 0 Å². The first-order valence-electron chi connectivity index (χ1n) is 7.97. The van der Waals surface area contributed by atoms with E-state index < -0.39 is 0 Å². The quantitative estimate of drug-likeness (QED) is 0.639. The lowest BCUT2D eigenvalue weighted by atomic mass is 9.94. The van der Waals surface area contributed by atoms with Crippen LogP contribution >= 0.6 is 0 Å². The van der Waals surface area contributed by atoms with E-state index in [0.717, 1.165) is 37.8 Å². The summed E-state index contributed by atoms with van der Waals surface area (Å²) in [4.78, 5) is 0. The predicted octanol–water partition coefficient (Wildman–Crippen LogP) is 5.54. The minimum Gasteiger partial charge on any atom is -0.347 e. The van der Waals surface area contributed by atoms with Crippen LogP contribution in [0.25, 0.3) is 16.5 Å². The van der Waals surface area contributed by atoms with Crippen LogP contribution in [-0.2, 0) is 6.54 Å². The van der Waals surface area contributed by atoms with Gasteiger partial charge in [0, 0.05) is 34.8 Å². The Morgan fingerprint density at radius 1 is 1.10 bits per heavy atom. The van der Waals surface area contributed by atoms with Crippen molar-refractivity contribution >= 4 is 16.5 Å². The largest absolute Gasteiger partial charge is 0.347 e. The van der Waals surface area contributed by atoms with Gasteiger partial charge in [0.25, 0.3) is 0 Å². The Labute approximate surface area is 127 Å². The lowest BCUT2D eigenvalue weighted by molar-refractivity contribution is 0.796. The van der Waals surface area contributed by atoms with E-state index in [-0.39, 0.29) is 0 Å². The second-order valence-corrected chi connectivity index (χ2v) is 5.41. The van der Waals surface area contributed by atoms with Gasteiger partial charge in [-0.05, 0) is 31.4 Å². The lowest BCUT2D eigenvalue weighted by Gasteiger charge is -2.09. The summed E-state index contributed by atoms with van der Waals surface area (Å²) in [5.41, 5.74) is 4.71. The molecule has 1 aromatic heterocycles. The third kappa shape index (κ3) is 3.03. The molecular weight excluding hydrogens is 256 g/mol. The molecule has 0 aliphatic heterocycles. The van der Waals surface area contributed by atoms with Gasteiger partial charge in [0.1, 0.15) is 0 Å². The molecule has 21 heavy (non-hydrogen) atoms.